The van der Waals surface area contributed by atoms with Crippen molar-refractivity contribution in [2.24, 2.45) is 0 Å². The molecule has 1 fully saturated rings. The van der Waals surface area contributed by atoms with Gasteiger partial charge in [0.15, 0.2) is 0 Å². The molecule has 1 aromatic carbocycles. The molecular formula is C15H18ClF2NO4S. The Hall–Kier alpha value is -1.25. The van der Waals surface area contributed by atoms with Crippen molar-refractivity contribution in [3.8, 4) is 0 Å². The average Bonchev–Trinajstić information content (AvgIpc) is 2.54. The summed E-state index contributed by atoms with van der Waals surface area (Å²) >= 11 is 5.91. The summed E-state index contributed by atoms with van der Waals surface area (Å²) in [6, 6.07) is 2.08. The van der Waals surface area contributed by atoms with Gasteiger partial charge in [-0.05, 0) is 38.3 Å². The van der Waals surface area contributed by atoms with E-state index >= 15 is 0 Å². The van der Waals surface area contributed by atoms with Crippen LogP contribution in [-0.4, -0.2) is 37.9 Å². The van der Waals surface area contributed by atoms with Crippen LogP contribution in [0.5, 0.6) is 0 Å². The van der Waals surface area contributed by atoms with Gasteiger partial charge >= 0.3 is 5.97 Å². The summed E-state index contributed by atoms with van der Waals surface area (Å²) in [5, 5.41) is -0.291. The van der Waals surface area contributed by atoms with Gasteiger partial charge in [0.25, 0.3) is 6.43 Å². The van der Waals surface area contributed by atoms with Gasteiger partial charge in [-0.15, -0.1) is 0 Å². The van der Waals surface area contributed by atoms with Gasteiger partial charge in [0.2, 0.25) is 10.0 Å². The minimum absolute atomic E-state index is 0.146. The molecule has 2 rings (SSSR count). The van der Waals surface area contributed by atoms with Crippen molar-refractivity contribution in [3.63, 3.8) is 0 Å². The first-order valence-corrected chi connectivity index (χ1v) is 9.37. The SMILES string of the molecule is CCOC(=O)C1CCCCN1S(=O)(=O)c1ccc(C(F)F)cc1Cl. The van der Waals surface area contributed by atoms with E-state index in [1.54, 1.807) is 6.92 Å². The van der Waals surface area contributed by atoms with Crippen molar-refractivity contribution < 1.29 is 26.7 Å². The maximum atomic E-state index is 12.9. The van der Waals surface area contributed by atoms with Crippen molar-refractivity contribution in [3.05, 3.63) is 28.8 Å². The Bertz CT molecular complexity index is 711. The number of benzene rings is 1. The standard InChI is InChI=1S/C15H18ClF2NO4S/c1-2-23-15(20)12-5-3-4-8-19(12)24(21,22)13-7-6-10(14(17)18)9-11(13)16/h6-7,9,12,14H,2-5,8H2,1H3. The molecule has 0 amide bonds. The van der Waals surface area contributed by atoms with Crippen molar-refractivity contribution in [2.75, 3.05) is 13.2 Å². The Kier molecular flexibility index (Phi) is 6.17. The summed E-state index contributed by atoms with van der Waals surface area (Å²) in [5.74, 6) is -0.610. The van der Waals surface area contributed by atoms with Crippen molar-refractivity contribution in [1.82, 2.24) is 4.31 Å². The van der Waals surface area contributed by atoms with Crippen LogP contribution in [0.2, 0.25) is 5.02 Å². The van der Waals surface area contributed by atoms with E-state index < -0.39 is 28.5 Å². The van der Waals surface area contributed by atoms with Gasteiger partial charge in [-0.2, -0.15) is 4.31 Å². The van der Waals surface area contributed by atoms with E-state index in [0.717, 1.165) is 22.5 Å². The van der Waals surface area contributed by atoms with Crippen LogP contribution in [-0.2, 0) is 19.6 Å². The van der Waals surface area contributed by atoms with Crippen molar-refractivity contribution >= 4 is 27.6 Å². The summed E-state index contributed by atoms with van der Waals surface area (Å²) in [7, 11) is -4.09. The van der Waals surface area contributed by atoms with Crippen LogP contribution < -0.4 is 0 Å². The molecule has 1 unspecified atom stereocenters. The first-order valence-electron chi connectivity index (χ1n) is 7.55. The molecule has 0 radical (unpaired) electrons. The van der Waals surface area contributed by atoms with Gasteiger partial charge < -0.3 is 4.74 Å². The van der Waals surface area contributed by atoms with Crippen LogP contribution >= 0.6 is 11.6 Å². The molecule has 1 aliphatic rings. The number of carbonyl (C=O) groups is 1. The Morgan fingerprint density at radius 2 is 2.12 bits per heavy atom. The molecule has 0 N–H and O–H groups in total. The lowest BCUT2D eigenvalue weighted by Gasteiger charge is -2.33. The van der Waals surface area contributed by atoms with Crippen molar-refractivity contribution in [2.45, 2.75) is 43.5 Å². The molecule has 0 saturated carbocycles. The van der Waals surface area contributed by atoms with Gasteiger partial charge in [-0.25, -0.2) is 17.2 Å². The van der Waals surface area contributed by atoms with Crippen molar-refractivity contribution in [1.29, 1.82) is 0 Å². The predicted octanol–water partition coefficient (Wildman–Crippen LogP) is 3.38. The topological polar surface area (TPSA) is 63.7 Å². The molecule has 9 heteroatoms. The van der Waals surface area contributed by atoms with Gasteiger partial charge in [-0.3, -0.25) is 4.79 Å². The van der Waals surface area contributed by atoms with Crippen LogP contribution in [0.15, 0.2) is 23.1 Å². The fraction of sp³-hybridized carbons (Fsp3) is 0.533. The predicted molar refractivity (Wildman–Crippen MR) is 84.6 cm³/mol. The molecule has 1 aliphatic heterocycles. The van der Waals surface area contributed by atoms with Crippen LogP contribution in [0.1, 0.15) is 38.2 Å². The molecule has 134 valence electrons. The highest BCUT2D eigenvalue weighted by molar-refractivity contribution is 7.89. The maximum absolute atomic E-state index is 12.9. The number of sulfonamides is 1. The number of nitrogens with zero attached hydrogens (tertiary/aromatic N) is 1. The van der Waals surface area contributed by atoms with E-state index in [2.05, 4.69) is 0 Å². The van der Waals surface area contributed by atoms with Crippen LogP contribution in [0.25, 0.3) is 0 Å². The van der Waals surface area contributed by atoms with E-state index in [1.807, 2.05) is 0 Å². The number of esters is 1. The van der Waals surface area contributed by atoms with Gasteiger partial charge in [-0.1, -0.05) is 17.7 Å². The first kappa shape index (κ1) is 19.1. The number of ether oxygens (including phenoxy) is 1. The molecular weight excluding hydrogens is 364 g/mol. The number of hydrogen-bond acceptors (Lipinski definition) is 4. The molecule has 5 nitrogen and oxygen atoms in total. The Labute approximate surface area is 144 Å². The lowest BCUT2D eigenvalue weighted by Crippen LogP contribution is -2.48. The quantitative estimate of drug-likeness (QED) is 0.733. The lowest BCUT2D eigenvalue weighted by atomic mass is 10.1. The highest BCUT2D eigenvalue weighted by atomic mass is 35.5. The second-order valence-electron chi connectivity index (χ2n) is 5.37. The average molecular weight is 382 g/mol. The zero-order chi connectivity index (χ0) is 17.9. The molecule has 0 aromatic heterocycles. The highest BCUT2D eigenvalue weighted by Gasteiger charge is 2.39. The Morgan fingerprint density at radius 3 is 2.71 bits per heavy atom. The molecule has 0 aliphatic carbocycles. The van der Waals surface area contributed by atoms with E-state index in [1.165, 1.54) is 0 Å². The highest BCUT2D eigenvalue weighted by Crippen LogP contribution is 2.32. The van der Waals surface area contributed by atoms with Gasteiger partial charge in [0.05, 0.1) is 11.6 Å². The molecule has 1 heterocycles. The number of halogens is 3. The summed E-state index contributed by atoms with van der Waals surface area (Å²) in [6.45, 7) is 1.94. The fourth-order valence-corrected chi connectivity index (χ4v) is 4.83. The number of alkyl halides is 2. The smallest absolute Gasteiger partial charge is 0.324 e. The summed E-state index contributed by atoms with van der Waals surface area (Å²) in [6.07, 6.45) is -1.10. The number of hydrogen-bond donors (Lipinski definition) is 0. The van der Waals surface area contributed by atoms with E-state index in [4.69, 9.17) is 16.3 Å². The molecule has 1 atom stereocenters. The fourth-order valence-electron chi connectivity index (χ4n) is 2.66. The largest absolute Gasteiger partial charge is 0.465 e. The maximum Gasteiger partial charge on any atom is 0.324 e. The summed E-state index contributed by atoms with van der Waals surface area (Å²) < 4.78 is 57.1. The van der Waals surface area contributed by atoms with E-state index in [0.29, 0.717) is 19.3 Å². The lowest BCUT2D eigenvalue weighted by molar-refractivity contribution is -0.148. The second kappa shape index (κ2) is 7.76. The minimum atomic E-state index is -4.09. The second-order valence-corrected chi connectivity index (χ2v) is 7.64. The molecule has 0 bridgehead atoms. The van der Waals surface area contributed by atoms with Gasteiger partial charge in [0.1, 0.15) is 10.9 Å². The first-order chi connectivity index (χ1) is 11.3. The number of carbonyl (C=O) groups excluding carboxylic acids is 1. The van der Waals surface area contributed by atoms with Crippen LogP contribution in [0.4, 0.5) is 8.78 Å². The van der Waals surface area contributed by atoms with Gasteiger partial charge in [0, 0.05) is 12.1 Å². The molecule has 1 saturated heterocycles. The third kappa shape index (κ3) is 3.87. The third-order valence-electron chi connectivity index (χ3n) is 3.81. The molecule has 0 spiro atoms. The summed E-state index contributed by atoms with van der Waals surface area (Å²) in [5.41, 5.74) is -0.362. The molecule has 24 heavy (non-hydrogen) atoms. The third-order valence-corrected chi connectivity index (χ3v) is 6.20. The normalized spacial score (nSPS) is 19.5. The minimum Gasteiger partial charge on any atom is -0.465 e. The number of piperidine rings is 1. The van der Waals surface area contributed by atoms with Crippen LogP contribution in [0, 0.1) is 0 Å². The zero-order valence-electron chi connectivity index (χ0n) is 13.0. The van der Waals surface area contributed by atoms with E-state index in [-0.39, 0.29) is 28.6 Å². The monoisotopic (exact) mass is 381 g/mol. The zero-order valence-corrected chi connectivity index (χ0v) is 14.6. The molecule has 1 aromatic rings. The summed E-state index contributed by atoms with van der Waals surface area (Å²) in [4.78, 5) is 11.8. The Balaban J connectivity index is 2.38. The van der Waals surface area contributed by atoms with Crippen LogP contribution in [0.3, 0.4) is 0 Å². The van der Waals surface area contributed by atoms with E-state index in [9.17, 15) is 22.0 Å². The Morgan fingerprint density at radius 1 is 1.42 bits per heavy atom. The number of rotatable bonds is 5.